The van der Waals surface area contributed by atoms with Crippen LogP contribution in [0.3, 0.4) is 0 Å². The third kappa shape index (κ3) is 4.55. The lowest BCUT2D eigenvalue weighted by Gasteiger charge is -2.07. The molecule has 1 aliphatic heterocycles. The first-order chi connectivity index (χ1) is 17.4. The number of fused-ring (bicyclic) bond motifs is 1. The summed E-state index contributed by atoms with van der Waals surface area (Å²) in [5, 5.41) is 1.47. The summed E-state index contributed by atoms with van der Waals surface area (Å²) >= 11 is 1.26. The minimum Gasteiger partial charge on any atom is -0.465 e. The summed E-state index contributed by atoms with van der Waals surface area (Å²) in [7, 11) is 2.99. The average molecular weight is 500 g/mol. The molecule has 2 heterocycles. The summed E-state index contributed by atoms with van der Waals surface area (Å²) in [6.07, 6.45) is 3.78. The van der Waals surface area contributed by atoms with Crippen molar-refractivity contribution in [2.75, 3.05) is 14.2 Å². The van der Waals surface area contributed by atoms with Crippen molar-refractivity contribution >= 4 is 51.5 Å². The molecular weight excluding hydrogens is 477 g/mol. The van der Waals surface area contributed by atoms with Gasteiger partial charge in [-0.1, -0.05) is 42.5 Å². The fourth-order valence-corrected chi connectivity index (χ4v) is 5.03. The summed E-state index contributed by atoms with van der Waals surface area (Å²) in [5.41, 5.74) is 3.33. The normalized spacial score (nSPS) is 15.9. The van der Waals surface area contributed by atoms with E-state index in [0.717, 1.165) is 16.5 Å². The van der Waals surface area contributed by atoms with Crippen molar-refractivity contribution in [3.8, 4) is 0 Å². The lowest BCUT2D eigenvalue weighted by molar-refractivity contribution is -0.121. The van der Waals surface area contributed by atoms with Crippen LogP contribution in [-0.2, 0) is 16.1 Å². The van der Waals surface area contributed by atoms with Crippen molar-refractivity contribution in [2.24, 2.45) is 4.99 Å². The summed E-state index contributed by atoms with van der Waals surface area (Å²) < 4.78 is 21.1. The van der Waals surface area contributed by atoms with E-state index in [1.54, 1.807) is 43.4 Å². The summed E-state index contributed by atoms with van der Waals surface area (Å²) in [6.45, 7) is 0.376. The van der Waals surface area contributed by atoms with Gasteiger partial charge in [-0.05, 0) is 48.2 Å². The van der Waals surface area contributed by atoms with Gasteiger partial charge in [-0.2, -0.15) is 0 Å². The quantitative estimate of drug-likeness (QED) is 0.255. The van der Waals surface area contributed by atoms with Gasteiger partial charge < -0.3 is 9.30 Å². The minimum absolute atomic E-state index is 0.172. The van der Waals surface area contributed by atoms with Gasteiger partial charge in [0.05, 0.1) is 29.8 Å². The third-order valence-electron chi connectivity index (χ3n) is 5.90. The van der Waals surface area contributed by atoms with E-state index in [1.165, 1.54) is 29.8 Å². The molecule has 0 aliphatic carbocycles. The Kier molecular flexibility index (Phi) is 6.43. The lowest BCUT2D eigenvalue weighted by atomic mass is 10.1. The van der Waals surface area contributed by atoms with E-state index < -0.39 is 5.97 Å². The van der Waals surface area contributed by atoms with Crippen LogP contribution in [0.25, 0.3) is 17.0 Å². The van der Waals surface area contributed by atoms with Gasteiger partial charge in [0, 0.05) is 35.3 Å². The van der Waals surface area contributed by atoms with E-state index >= 15 is 0 Å². The minimum atomic E-state index is -0.451. The largest absolute Gasteiger partial charge is 0.465 e. The van der Waals surface area contributed by atoms with Crippen LogP contribution < -0.4 is 0 Å². The predicted octanol–water partition coefficient (Wildman–Crippen LogP) is 5.85. The molecule has 1 aliphatic rings. The number of likely N-dealkylation sites (N-methyl/N-ethyl adjacent to an activating group) is 1. The fourth-order valence-electron chi connectivity index (χ4n) is 4.05. The zero-order valence-electron chi connectivity index (χ0n) is 19.6. The molecule has 1 amide bonds. The van der Waals surface area contributed by atoms with Crippen LogP contribution in [0.4, 0.5) is 10.1 Å². The van der Waals surface area contributed by atoms with E-state index in [9.17, 15) is 14.0 Å². The Balaban J connectivity index is 1.48. The number of aromatic nitrogens is 1. The number of benzene rings is 3. The highest BCUT2D eigenvalue weighted by molar-refractivity contribution is 8.18. The summed E-state index contributed by atoms with van der Waals surface area (Å²) in [4.78, 5) is 31.5. The van der Waals surface area contributed by atoms with Crippen molar-refractivity contribution in [2.45, 2.75) is 6.54 Å². The number of methoxy groups -OCH3 is 1. The SMILES string of the molecule is COC(=O)c1cccc(N=C2SC(=Cc3cn(Cc4ccccc4F)c4ccccc34)C(=O)N2C)c1. The number of carbonyl (C=O) groups excluding carboxylic acids is 2. The lowest BCUT2D eigenvalue weighted by Crippen LogP contribution is -2.23. The van der Waals surface area contributed by atoms with Crippen LogP contribution in [0.2, 0.25) is 0 Å². The summed E-state index contributed by atoms with van der Waals surface area (Å²) in [5.74, 6) is -0.878. The number of esters is 1. The van der Waals surface area contributed by atoms with Crippen LogP contribution in [0.5, 0.6) is 0 Å². The molecule has 6 nitrogen and oxygen atoms in total. The highest BCUT2D eigenvalue weighted by Crippen LogP contribution is 2.35. The molecule has 4 aromatic rings. The molecule has 0 bridgehead atoms. The standard InChI is InChI=1S/C28H22FN3O3S/c1-31-26(33)25(36-28(31)30-21-10-7-9-18(14-21)27(34)35-2)15-20-17-32(24-13-6-4-11-22(20)24)16-19-8-3-5-12-23(19)29/h3-15,17H,16H2,1-2H3. The van der Waals surface area contributed by atoms with Gasteiger partial charge in [-0.15, -0.1) is 0 Å². The van der Waals surface area contributed by atoms with Crippen molar-refractivity contribution in [1.82, 2.24) is 9.47 Å². The number of para-hydroxylation sites is 1. The van der Waals surface area contributed by atoms with Crippen LogP contribution in [0.1, 0.15) is 21.5 Å². The second-order valence-corrected chi connectivity index (χ2v) is 9.24. The number of halogens is 1. The number of nitrogens with zero attached hydrogens (tertiary/aromatic N) is 3. The summed E-state index contributed by atoms with van der Waals surface area (Å²) in [6, 6.07) is 21.3. The van der Waals surface area contributed by atoms with Crippen molar-refractivity contribution < 1.29 is 18.7 Å². The van der Waals surface area contributed by atoms with Crippen molar-refractivity contribution in [1.29, 1.82) is 0 Å². The van der Waals surface area contributed by atoms with E-state index in [-0.39, 0.29) is 11.7 Å². The Morgan fingerprint density at radius 2 is 1.86 bits per heavy atom. The molecule has 0 unspecified atom stereocenters. The first-order valence-electron chi connectivity index (χ1n) is 11.2. The maximum Gasteiger partial charge on any atom is 0.337 e. The Bertz CT molecular complexity index is 1560. The van der Waals surface area contributed by atoms with Gasteiger partial charge in [0.15, 0.2) is 5.17 Å². The number of carbonyl (C=O) groups is 2. The van der Waals surface area contributed by atoms with Crippen LogP contribution >= 0.6 is 11.8 Å². The number of thioether (sulfide) groups is 1. The zero-order chi connectivity index (χ0) is 25.2. The van der Waals surface area contributed by atoms with Gasteiger partial charge in [-0.25, -0.2) is 14.2 Å². The highest BCUT2D eigenvalue weighted by atomic mass is 32.2. The van der Waals surface area contributed by atoms with Gasteiger partial charge in [0.1, 0.15) is 5.82 Å². The second-order valence-electron chi connectivity index (χ2n) is 8.23. The molecule has 0 N–H and O–H groups in total. The zero-order valence-corrected chi connectivity index (χ0v) is 20.5. The number of hydrogen-bond acceptors (Lipinski definition) is 5. The van der Waals surface area contributed by atoms with E-state index in [1.807, 2.05) is 47.2 Å². The van der Waals surface area contributed by atoms with Gasteiger partial charge in [0.25, 0.3) is 5.91 Å². The topological polar surface area (TPSA) is 63.9 Å². The van der Waals surface area contributed by atoms with E-state index in [4.69, 9.17) is 4.74 Å². The number of amides is 1. The maximum atomic E-state index is 14.3. The predicted molar refractivity (Wildman–Crippen MR) is 141 cm³/mol. The Morgan fingerprint density at radius 1 is 1.08 bits per heavy atom. The monoisotopic (exact) mass is 499 g/mol. The number of aliphatic imine (C=N–C) groups is 1. The molecular formula is C28H22FN3O3S. The average Bonchev–Trinajstić information content (AvgIpc) is 3.37. The molecule has 1 fully saturated rings. The van der Waals surface area contributed by atoms with Crippen molar-refractivity contribution in [3.05, 3.63) is 106 Å². The molecule has 180 valence electrons. The molecule has 1 aromatic heterocycles. The number of amidine groups is 1. The fraction of sp³-hybridized carbons (Fsp3) is 0.107. The third-order valence-corrected chi connectivity index (χ3v) is 6.96. The van der Waals surface area contributed by atoms with Crippen LogP contribution in [0.15, 0.2) is 88.9 Å². The number of hydrogen-bond donors (Lipinski definition) is 0. The van der Waals surface area contributed by atoms with E-state index in [0.29, 0.717) is 33.4 Å². The molecule has 0 atom stereocenters. The maximum absolute atomic E-state index is 14.3. The molecule has 0 saturated carbocycles. The number of rotatable bonds is 5. The van der Waals surface area contributed by atoms with Crippen LogP contribution in [-0.4, -0.2) is 40.7 Å². The van der Waals surface area contributed by atoms with Crippen LogP contribution in [0, 0.1) is 5.82 Å². The van der Waals surface area contributed by atoms with Gasteiger partial charge in [-0.3, -0.25) is 9.69 Å². The number of ether oxygens (including phenoxy) is 1. The smallest absolute Gasteiger partial charge is 0.337 e. The molecule has 3 aromatic carbocycles. The molecule has 5 rings (SSSR count). The molecule has 0 radical (unpaired) electrons. The second kappa shape index (κ2) is 9.83. The molecule has 8 heteroatoms. The molecule has 36 heavy (non-hydrogen) atoms. The first-order valence-corrected chi connectivity index (χ1v) is 12.0. The van der Waals surface area contributed by atoms with Gasteiger partial charge >= 0.3 is 5.97 Å². The first kappa shape index (κ1) is 23.6. The highest BCUT2D eigenvalue weighted by Gasteiger charge is 2.30. The van der Waals surface area contributed by atoms with Crippen molar-refractivity contribution in [3.63, 3.8) is 0 Å². The Morgan fingerprint density at radius 3 is 2.67 bits per heavy atom. The Hall–Kier alpha value is -4.17. The van der Waals surface area contributed by atoms with Gasteiger partial charge in [0.2, 0.25) is 0 Å². The molecule has 1 saturated heterocycles. The Labute approximate surface area is 211 Å². The molecule has 0 spiro atoms. The van der Waals surface area contributed by atoms with E-state index in [2.05, 4.69) is 4.99 Å².